The van der Waals surface area contributed by atoms with Crippen LogP contribution in [0.2, 0.25) is 0 Å². The second kappa shape index (κ2) is 14.2. The maximum atomic E-state index is 13.0. The predicted octanol–water partition coefficient (Wildman–Crippen LogP) is 0.0371. The molecule has 0 radical (unpaired) electrons. The fraction of sp³-hybridized carbons (Fsp3) is 0.458. The molecule has 2 aromatic rings. The molecule has 1 aromatic carbocycles. The van der Waals surface area contributed by atoms with E-state index in [1.807, 2.05) is 44.2 Å². The van der Waals surface area contributed by atoms with Crippen LogP contribution in [0.5, 0.6) is 0 Å². The number of hydrogen-bond acceptors (Lipinski definition) is 7. The van der Waals surface area contributed by atoms with E-state index in [1.54, 1.807) is 0 Å². The highest BCUT2D eigenvalue weighted by Gasteiger charge is 2.30. The topological polar surface area (TPSA) is 179 Å². The predicted molar refractivity (Wildman–Crippen MR) is 137 cm³/mol. The minimum Gasteiger partial charge on any atom is -0.480 e. The van der Waals surface area contributed by atoms with Crippen molar-refractivity contribution in [2.45, 2.75) is 57.3 Å². The molecule has 0 fully saturated rings. The quantitative estimate of drug-likeness (QED) is 0.172. The van der Waals surface area contributed by atoms with Gasteiger partial charge in [0.25, 0.3) is 0 Å². The number of nitrogens with one attached hydrogen (secondary N) is 4. The highest BCUT2D eigenvalue weighted by atomic mass is 32.1. The van der Waals surface area contributed by atoms with E-state index in [1.165, 1.54) is 12.5 Å². The number of hydrogen-bond donors (Lipinski definition) is 7. The standard InChI is InChI=1S/C24H34N6O5S/c1-14(2)8-18(22(32)29-19(24(34)35)10-16-11-26-13-27-16)28-23(33)20(12-36)30-21(31)17(25)9-15-6-4-3-5-7-15/h3-7,11,13-14,17-20,36H,8-10,12,25H2,1-2H3,(H,26,27)(H,28,33)(H,29,32)(H,30,31)(H,34,35). The Morgan fingerprint density at radius 3 is 2.14 bits per heavy atom. The number of thiol groups is 1. The van der Waals surface area contributed by atoms with Crippen LogP contribution in [0.25, 0.3) is 0 Å². The minimum atomic E-state index is -1.22. The van der Waals surface area contributed by atoms with E-state index < -0.39 is 47.9 Å². The number of carboxylic acids is 1. The lowest BCUT2D eigenvalue weighted by molar-refractivity contribution is -0.142. The summed E-state index contributed by atoms with van der Waals surface area (Å²) in [6, 6.07) is 5.09. The molecule has 196 valence electrons. The molecular formula is C24H34N6O5S. The molecular weight excluding hydrogens is 484 g/mol. The van der Waals surface area contributed by atoms with E-state index in [0.717, 1.165) is 5.56 Å². The van der Waals surface area contributed by atoms with E-state index >= 15 is 0 Å². The van der Waals surface area contributed by atoms with Crippen LogP contribution in [0.15, 0.2) is 42.9 Å². The van der Waals surface area contributed by atoms with Crippen LogP contribution in [0, 0.1) is 5.92 Å². The summed E-state index contributed by atoms with van der Waals surface area (Å²) in [5, 5.41) is 17.2. The number of amides is 3. The largest absolute Gasteiger partial charge is 0.480 e. The molecule has 0 spiro atoms. The molecule has 4 unspecified atom stereocenters. The van der Waals surface area contributed by atoms with E-state index in [2.05, 4.69) is 38.5 Å². The maximum Gasteiger partial charge on any atom is 0.326 e. The number of carbonyl (C=O) groups excluding carboxylic acids is 3. The number of nitrogens with two attached hydrogens (primary N) is 1. The molecule has 1 heterocycles. The van der Waals surface area contributed by atoms with Crippen molar-refractivity contribution in [1.29, 1.82) is 0 Å². The van der Waals surface area contributed by atoms with Gasteiger partial charge in [-0.25, -0.2) is 9.78 Å². The Morgan fingerprint density at radius 1 is 0.972 bits per heavy atom. The second-order valence-electron chi connectivity index (χ2n) is 8.91. The summed E-state index contributed by atoms with van der Waals surface area (Å²) in [5.74, 6) is -3.02. The van der Waals surface area contributed by atoms with Crippen LogP contribution in [0.3, 0.4) is 0 Å². The van der Waals surface area contributed by atoms with Crippen molar-refractivity contribution < 1.29 is 24.3 Å². The van der Waals surface area contributed by atoms with Gasteiger partial charge in [-0.3, -0.25) is 14.4 Å². The fourth-order valence-electron chi connectivity index (χ4n) is 3.50. The number of aliphatic carboxylic acids is 1. The number of carbonyl (C=O) groups is 4. The highest BCUT2D eigenvalue weighted by molar-refractivity contribution is 7.80. The Bertz CT molecular complexity index is 1000. The van der Waals surface area contributed by atoms with Gasteiger partial charge in [-0.2, -0.15) is 12.6 Å². The van der Waals surface area contributed by atoms with Crippen molar-refractivity contribution in [1.82, 2.24) is 25.9 Å². The van der Waals surface area contributed by atoms with Crippen molar-refractivity contribution >= 4 is 36.3 Å². The molecule has 4 atom stereocenters. The molecule has 7 N–H and O–H groups in total. The zero-order chi connectivity index (χ0) is 26.7. The molecule has 2 rings (SSSR count). The second-order valence-corrected chi connectivity index (χ2v) is 9.28. The number of H-pyrrole nitrogens is 1. The van der Waals surface area contributed by atoms with Crippen molar-refractivity contribution in [3.05, 3.63) is 54.1 Å². The van der Waals surface area contributed by atoms with Crippen LogP contribution in [0.4, 0.5) is 0 Å². The zero-order valence-corrected chi connectivity index (χ0v) is 21.2. The smallest absolute Gasteiger partial charge is 0.326 e. The highest BCUT2D eigenvalue weighted by Crippen LogP contribution is 2.08. The van der Waals surface area contributed by atoms with Crippen molar-refractivity contribution in [2.24, 2.45) is 11.7 Å². The minimum absolute atomic E-state index is 0.00194. The molecule has 1 aromatic heterocycles. The Balaban J connectivity index is 2.02. The van der Waals surface area contributed by atoms with Gasteiger partial charge < -0.3 is 31.8 Å². The molecule has 0 bridgehead atoms. The first kappa shape index (κ1) is 28.9. The lowest BCUT2D eigenvalue weighted by atomic mass is 10.0. The van der Waals surface area contributed by atoms with Crippen LogP contribution >= 0.6 is 12.6 Å². The molecule has 0 aliphatic carbocycles. The molecule has 12 heteroatoms. The number of imidazole rings is 1. The third-order valence-electron chi connectivity index (χ3n) is 5.38. The Labute approximate surface area is 215 Å². The number of rotatable bonds is 14. The monoisotopic (exact) mass is 518 g/mol. The summed E-state index contributed by atoms with van der Waals surface area (Å²) < 4.78 is 0. The van der Waals surface area contributed by atoms with Gasteiger partial charge in [-0.1, -0.05) is 44.2 Å². The summed E-state index contributed by atoms with van der Waals surface area (Å²) in [6.45, 7) is 3.73. The van der Waals surface area contributed by atoms with Gasteiger partial charge in [0, 0.05) is 24.1 Å². The van der Waals surface area contributed by atoms with Gasteiger partial charge in [0.2, 0.25) is 17.7 Å². The van der Waals surface area contributed by atoms with Crippen LogP contribution < -0.4 is 21.7 Å². The average Bonchev–Trinajstić information content (AvgIpc) is 3.34. The zero-order valence-electron chi connectivity index (χ0n) is 20.3. The summed E-state index contributed by atoms with van der Waals surface area (Å²) in [7, 11) is 0. The van der Waals surface area contributed by atoms with Gasteiger partial charge in [-0.15, -0.1) is 0 Å². The van der Waals surface area contributed by atoms with Gasteiger partial charge in [0.1, 0.15) is 18.1 Å². The fourth-order valence-corrected chi connectivity index (χ4v) is 3.75. The summed E-state index contributed by atoms with van der Waals surface area (Å²) in [5.41, 5.74) is 7.43. The van der Waals surface area contributed by atoms with Crippen molar-refractivity contribution in [3.8, 4) is 0 Å². The van der Waals surface area contributed by atoms with Gasteiger partial charge in [0.05, 0.1) is 12.4 Å². The normalized spacial score (nSPS) is 14.4. The number of aromatic nitrogens is 2. The summed E-state index contributed by atoms with van der Waals surface area (Å²) in [6.07, 6.45) is 3.43. The Kier molecular flexibility index (Phi) is 11.4. The number of benzene rings is 1. The van der Waals surface area contributed by atoms with E-state index in [0.29, 0.717) is 12.1 Å². The molecule has 11 nitrogen and oxygen atoms in total. The van der Waals surface area contributed by atoms with Crippen LogP contribution in [-0.2, 0) is 32.0 Å². The molecule has 3 amide bonds. The maximum absolute atomic E-state index is 13.0. The van der Waals surface area contributed by atoms with Gasteiger partial charge in [0.15, 0.2) is 0 Å². The van der Waals surface area contributed by atoms with Crippen molar-refractivity contribution in [2.75, 3.05) is 5.75 Å². The third kappa shape index (κ3) is 9.34. The summed E-state index contributed by atoms with van der Waals surface area (Å²) >= 11 is 4.17. The molecule has 0 aliphatic heterocycles. The first-order chi connectivity index (χ1) is 17.1. The molecule has 0 saturated heterocycles. The molecule has 0 saturated carbocycles. The van der Waals surface area contributed by atoms with Gasteiger partial charge in [-0.05, 0) is 24.3 Å². The third-order valence-corrected chi connectivity index (χ3v) is 5.75. The number of carboxylic acid groups (broad SMARTS) is 1. The number of aromatic amines is 1. The molecule has 36 heavy (non-hydrogen) atoms. The van der Waals surface area contributed by atoms with Crippen LogP contribution in [-0.4, -0.2) is 68.7 Å². The lowest BCUT2D eigenvalue weighted by Gasteiger charge is -2.25. The van der Waals surface area contributed by atoms with E-state index in [9.17, 15) is 24.3 Å². The lowest BCUT2D eigenvalue weighted by Crippen LogP contribution is -2.58. The Morgan fingerprint density at radius 2 is 1.58 bits per heavy atom. The Hall–Kier alpha value is -3.38. The molecule has 0 aliphatic rings. The number of nitrogens with zero attached hydrogens (tertiary/aromatic N) is 1. The SMILES string of the molecule is CC(C)CC(NC(=O)C(CS)NC(=O)C(N)Cc1ccccc1)C(=O)NC(Cc1cnc[nH]1)C(=O)O. The van der Waals surface area contributed by atoms with E-state index in [4.69, 9.17) is 5.73 Å². The summed E-state index contributed by atoms with van der Waals surface area (Å²) in [4.78, 5) is 56.8. The van der Waals surface area contributed by atoms with Crippen molar-refractivity contribution in [3.63, 3.8) is 0 Å². The van der Waals surface area contributed by atoms with Crippen LogP contribution in [0.1, 0.15) is 31.5 Å². The first-order valence-electron chi connectivity index (χ1n) is 11.6. The van der Waals surface area contributed by atoms with E-state index in [-0.39, 0.29) is 24.5 Å². The average molecular weight is 519 g/mol. The van der Waals surface area contributed by atoms with Gasteiger partial charge >= 0.3 is 5.97 Å². The first-order valence-corrected chi connectivity index (χ1v) is 12.3.